The van der Waals surface area contributed by atoms with Crippen LogP contribution in [0.2, 0.25) is 0 Å². The predicted molar refractivity (Wildman–Crippen MR) is 47.1 cm³/mol. The van der Waals surface area contributed by atoms with E-state index in [1.807, 2.05) is 0 Å². The van der Waals surface area contributed by atoms with E-state index < -0.39 is 0 Å². The van der Waals surface area contributed by atoms with E-state index in [9.17, 15) is 4.79 Å². The van der Waals surface area contributed by atoms with Crippen LogP contribution < -0.4 is 10.9 Å². The standard InChI is InChI=1S/C7H15N3O.2H2/c1-10-4-2-7(3-5-10)9-8-6-11;;/h6-7,9H,2-5H2,1H3,(H,8,11);2*1H. The highest BCUT2D eigenvalue weighted by Crippen LogP contribution is 2.06. The van der Waals surface area contributed by atoms with Gasteiger partial charge in [0.1, 0.15) is 0 Å². The lowest BCUT2D eigenvalue weighted by atomic mass is 10.1. The van der Waals surface area contributed by atoms with Crippen molar-refractivity contribution in [3.8, 4) is 0 Å². The minimum absolute atomic E-state index is 0. The average Bonchev–Trinajstić information content (AvgIpc) is 2.04. The quantitative estimate of drug-likeness (QED) is 0.446. The molecule has 1 aliphatic rings. The van der Waals surface area contributed by atoms with Crippen LogP contribution in [0, 0.1) is 0 Å². The second kappa shape index (κ2) is 4.31. The molecule has 1 aliphatic heterocycles. The van der Waals surface area contributed by atoms with Crippen molar-refractivity contribution in [2.75, 3.05) is 20.1 Å². The van der Waals surface area contributed by atoms with Crippen LogP contribution in [0.3, 0.4) is 0 Å². The number of piperidine rings is 1. The Bertz CT molecular complexity index is 129. The summed E-state index contributed by atoms with van der Waals surface area (Å²) in [7, 11) is 2.11. The van der Waals surface area contributed by atoms with Gasteiger partial charge in [-0.25, -0.2) is 5.43 Å². The second-order valence-electron chi connectivity index (χ2n) is 2.98. The van der Waals surface area contributed by atoms with Crippen molar-refractivity contribution >= 4 is 6.41 Å². The molecule has 0 atom stereocenters. The molecule has 4 heteroatoms. The Balaban J connectivity index is 0. The van der Waals surface area contributed by atoms with Gasteiger partial charge < -0.3 is 4.90 Å². The largest absolute Gasteiger partial charge is 0.306 e. The van der Waals surface area contributed by atoms with Gasteiger partial charge in [-0.2, -0.15) is 0 Å². The number of likely N-dealkylation sites (tertiary alicyclic amines) is 1. The Morgan fingerprint density at radius 1 is 1.55 bits per heavy atom. The number of carbonyl (C=O) groups excluding carboxylic acids is 1. The van der Waals surface area contributed by atoms with Crippen LogP contribution in [0.15, 0.2) is 0 Å². The third-order valence-electron chi connectivity index (χ3n) is 2.06. The van der Waals surface area contributed by atoms with E-state index >= 15 is 0 Å². The minimum atomic E-state index is 0. The summed E-state index contributed by atoms with van der Waals surface area (Å²) < 4.78 is 0. The molecule has 0 aromatic rings. The van der Waals surface area contributed by atoms with Gasteiger partial charge in [0, 0.05) is 8.90 Å². The van der Waals surface area contributed by atoms with Gasteiger partial charge in [0.15, 0.2) is 0 Å². The van der Waals surface area contributed by atoms with Crippen LogP contribution in [0.1, 0.15) is 15.7 Å². The first kappa shape index (κ1) is 8.49. The van der Waals surface area contributed by atoms with Crippen LogP contribution in [0.5, 0.6) is 0 Å². The first-order chi connectivity index (χ1) is 5.33. The van der Waals surface area contributed by atoms with Crippen molar-refractivity contribution in [2.24, 2.45) is 0 Å². The van der Waals surface area contributed by atoms with Crippen LogP contribution >= 0.6 is 0 Å². The summed E-state index contributed by atoms with van der Waals surface area (Å²) in [6, 6.07) is 0.455. The van der Waals surface area contributed by atoms with Crippen molar-refractivity contribution in [1.29, 1.82) is 0 Å². The normalized spacial score (nSPS) is 21.5. The molecule has 11 heavy (non-hydrogen) atoms. The Morgan fingerprint density at radius 3 is 2.73 bits per heavy atom. The Kier molecular flexibility index (Phi) is 3.32. The molecule has 0 saturated carbocycles. The molecule has 1 heterocycles. The number of rotatable bonds is 3. The number of nitrogens with one attached hydrogen (secondary N) is 2. The molecule has 1 saturated heterocycles. The van der Waals surface area contributed by atoms with E-state index in [0.717, 1.165) is 25.9 Å². The maximum Gasteiger partial charge on any atom is 0.221 e. The fourth-order valence-corrected chi connectivity index (χ4v) is 1.30. The van der Waals surface area contributed by atoms with E-state index in [0.29, 0.717) is 12.5 Å². The molecule has 1 fully saturated rings. The number of amides is 1. The summed E-state index contributed by atoms with van der Waals surface area (Å²) in [5, 5.41) is 0. The fourth-order valence-electron chi connectivity index (χ4n) is 1.30. The first-order valence-electron chi connectivity index (χ1n) is 3.96. The Hall–Kier alpha value is -0.610. The van der Waals surface area contributed by atoms with Gasteiger partial charge in [-0.05, 0) is 33.0 Å². The molecule has 0 unspecified atom stereocenters. The zero-order chi connectivity index (χ0) is 8.10. The van der Waals surface area contributed by atoms with Crippen LogP contribution in [0.25, 0.3) is 0 Å². The van der Waals surface area contributed by atoms with Gasteiger partial charge in [-0.1, -0.05) is 0 Å². The van der Waals surface area contributed by atoms with E-state index in [1.54, 1.807) is 0 Å². The Labute approximate surface area is 69.9 Å². The van der Waals surface area contributed by atoms with E-state index in [-0.39, 0.29) is 2.85 Å². The van der Waals surface area contributed by atoms with Gasteiger partial charge in [-0.15, -0.1) is 0 Å². The first-order valence-corrected chi connectivity index (χ1v) is 3.96. The number of carbonyl (C=O) groups is 1. The number of hydrogen-bond acceptors (Lipinski definition) is 3. The lowest BCUT2D eigenvalue weighted by Crippen LogP contribution is -2.46. The molecular weight excluding hydrogens is 142 g/mol. The number of hydrogen-bond donors (Lipinski definition) is 2. The smallest absolute Gasteiger partial charge is 0.221 e. The molecule has 1 rings (SSSR count). The summed E-state index contributed by atoms with van der Waals surface area (Å²) >= 11 is 0. The van der Waals surface area contributed by atoms with Gasteiger partial charge in [0.05, 0.1) is 0 Å². The maximum atomic E-state index is 9.93. The van der Waals surface area contributed by atoms with E-state index in [4.69, 9.17) is 0 Å². The lowest BCUT2D eigenvalue weighted by Gasteiger charge is -2.28. The molecule has 0 aliphatic carbocycles. The predicted octanol–water partition coefficient (Wildman–Crippen LogP) is -0.177. The van der Waals surface area contributed by atoms with E-state index in [2.05, 4.69) is 22.8 Å². The zero-order valence-corrected chi connectivity index (χ0v) is 6.84. The van der Waals surface area contributed by atoms with Crippen molar-refractivity contribution in [1.82, 2.24) is 15.8 Å². The highest BCUT2D eigenvalue weighted by Gasteiger charge is 2.15. The van der Waals surface area contributed by atoms with Crippen molar-refractivity contribution in [2.45, 2.75) is 18.9 Å². The topological polar surface area (TPSA) is 44.4 Å². The van der Waals surface area contributed by atoms with Crippen molar-refractivity contribution in [3.05, 3.63) is 0 Å². The second-order valence-corrected chi connectivity index (χ2v) is 2.98. The van der Waals surface area contributed by atoms with Gasteiger partial charge in [0.25, 0.3) is 0 Å². The summed E-state index contributed by atoms with van der Waals surface area (Å²) in [6.07, 6.45) is 2.90. The molecule has 4 nitrogen and oxygen atoms in total. The van der Waals surface area contributed by atoms with E-state index in [1.165, 1.54) is 0 Å². The third-order valence-corrected chi connectivity index (χ3v) is 2.06. The van der Waals surface area contributed by atoms with Crippen LogP contribution in [-0.4, -0.2) is 37.5 Å². The maximum absolute atomic E-state index is 9.93. The van der Waals surface area contributed by atoms with Gasteiger partial charge in [0.2, 0.25) is 6.41 Å². The van der Waals surface area contributed by atoms with Crippen LogP contribution in [0.4, 0.5) is 0 Å². The van der Waals surface area contributed by atoms with Crippen molar-refractivity contribution < 1.29 is 7.65 Å². The Morgan fingerprint density at radius 2 is 2.18 bits per heavy atom. The number of hydrazine groups is 1. The molecule has 0 spiro atoms. The lowest BCUT2D eigenvalue weighted by molar-refractivity contribution is -0.110. The van der Waals surface area contributed by atoms with Crippen molar-refractivity contribution in [3.63, 3.8) is 0 Å². The molecule has 68 valence electrons. The fraction of sp³-hybridized carbons (Fsp3) is 0.857. The highest BCUT2D eigenvalue weighted by molar-refractivity contribution is 5.44. The molecule has 2 N–H and O–H groups in total. The number of nitrogens with zero attached hydrogens (tertiary/aromatic N) is 1. The molecule has 1 amide bonds. The summed E-state index contributed by atoms with van der Waals surface area (Å²) in [5.41, 5.74) is 5.43. The van der Waals surface area contributed by atoms with Crippen LogP contribution in [-0.2, 0) is 4.79 Å². The SMILES string of the molecule is CN1CCC(NNC=O)CC1.[HH].[HH]. The van der Waals surface area contributed by atoms with Gasteiger partial charge >= 0.3 is 0 Å². The zero-order valence-electron chi connectivity index (χ0n) is 6.84. The summed E-state index contributed by atoms with van der Waals surface area (Å²) in [5.74, 6) is 0. The molecule has 0 aromatic heterocycles. The average molecular weight is 161 g/mol. The molecular formula is C7H19N3O. The summed E-state index contributed by atoms with van der Waals surface area (Å²) in [6.45, 7) is 2.22. The molecule has 0 radical (unpaired) electrons. The molecule has 0 bridgehead atoms. The monoisotopic (exact) mass is 161 g/mol. The highest BCUT2D eigenvalue weighted by atomic mass is 16.1. The minimum Gasteiger partial charge on any atom is -0.306 e. The molecule has 0 aromatic carbocycles. The van der Waals surface area contributed by atoms with Gasteiger partial charge in [-0.3, -0.25) is 10.2 Å². The summed E-state index contributed by atoms with van der Waals surface area (Å²) in [4.78, 5) is 12.2. The third kappa shape index (κ3) is 2.86.